The van der Waals surface area contributed by atoms with Crippen LogP contribution in [0.15, 0.2) is 24.3 Å². The molecule has 1 fully saturated rings. The van der Waals surface area contributed by atoms with E-state index in [1.54, 1.807) is 0 Å². The second kappa shape index (κ2) is 9.53. The lowest BCUT2D eigenvalue weighted by Gasteiger charge is -2.36. The van der Waals surface area contributed by atoms with E-state index in [4.69, 9.17) is 9.97 Å². The van der Waals surface area contributed by atoms with Crippen molar-refractivity contribution in [3.8, 4) is 0 Å². The number of nitrogens with zero attached hydrogens (tertiary/aromatic N) is 4. The van der Waals surface area contributed by atoms with Gasteiger partial charge in [0.2, 0.25) is 0 Å². The lowest BCUT2D eigenvalue weighted by Crippen LogP contribution is -2.50. The first kappa shape index (κ1) is 23.1. The molecule has 3 heterocycles. The molecule has 0 unspecified atom stereocenters. The van der Waals surface area contributed by atoms with Crippen molar-refractivity contribution in [2.24, 2.45) is 5.92 Å². The van der Waals surface area contributed by atoms with Gasteiger partial charge in [-0.3, -0.25) is 0 Å². The highest BCUT2D eigenvalue weighted by atomic mass is 32.1. The Bertz CT molecular complexity index is 1200. The van der Waals surface area contributed by atoms with E-state index in [0.29, 0.717) is 19.0 Å². The van der Waals surface area contributed by atoms with E-state index in [0.717, 1.165) is 66.0 Å². The van der Waals surface area contributed by atoms with E-state index >= 15 is 0 Å². The highest BCUT2D eigenvalue weighted by Crippen LogP contribution is 2.42. The Kier molecular flexibility index (Phi) is 6.47. The molecule has 1 aliphatic heterocycles. The summed E-state index contributed by atoms with van der Waals surface area (Å²) in [6, 6.07) is 7.90. The molecule has 0 radical (unpaired) electrons. The van der Waals surface area contributed by atoms with Crippen molar-refractivity contribution in [1.29, 1.82) is 0 Å². The van der Waals surface area contributed by atoms with Crippen LogP contribution in [0, 0.1) is 12.8 Å². The second-order valence-corrected chi connectivity index (χ2v) is 11.0. The Morgan fingerprint density at radius 1 is 1.21 bits per heavy atom. The van der Waals surface area contributed by atoms with Crippen LogP contribution in [0.3, 0.4) is 0 Å². The van der Waals surface area contributed by atoms with Crippen LogP contribution >= 0.6 is 11.3 Å². The van der Waals surface area contributed by atoms with Crippen LogP contribution < -0.4 is 10.2 Å². The zero-order valence-corrected chi connectivity index (χ0v) is 21.5. The molecule has 3 aromatic rings. The average molecular weight is 478 g/mol. The fourth-order valence-electron chi connectivity index (χ4n) is 5.00. The first-order chi connectivity index (χ1) is 16.4. The average Bonchev–Trinajstić information content (AvgIpc) is 3.21. The molecular weight excluding hydrogens is 442 g/mol. The number of piperazine rings is 1. The summed E-state index contributed by atoms with van der Waals surface area (Å²) in [7, 11) is 0. The SMILES string of the molecule is CC[C@@H](C)c1nc(N2CCN(C(=O)Nc3ccccc3C)CC2)c2c3c(sc2n1)C[C@H](C)CC3. The number of rotatable bonds is 4. The smallest absolute Gasteiger partial charge is 0.321 e. The van der Waals surface area contributed by atoms with Crippen LogP contribution in [-0.2, 0) is 12.8 Å². The van der Waals surface area contributed by atoms with Gasteiger partial charge in [0, 0.05) is 42.7 Å². The van der Waals surface area contributed by atoms with Gasteiger partial charge in [0.25, 0.3) is 0 Å². The van der Waals surface area contributed by atoms with E-state index in [2.05, 4.69) is 31.0 Å². The summed E-state index contributed by atoms with van der Waals surface area (Å²) >= 11 is 1.88. The minimum Gasteiger partial charge on any atom is -0.352 e. The molecular formula is C27H35N5OS. The quantitative estimate of drug-likeness (QED) is 0.501. The van der Waals surface area contributed by atoms with Crippen molar-refractivity contribution in [2.45, 2.75) is 59.3 Å². The number of hydrogen-bond donors (Lipinski definition) is 1. The standard InChI is InChI=1S/C27H35N5OS/c1-5-18(3)24-29-25(23-20-11-10-17(2)16-22(20)34-26(23)30-24)31-12-14-32(15-13-31)27(33)28-21-9-7-6-8-19(21)4/h6-9,17-18H,5,10-16H2,1-4H3,(H,28,33)/t17-,18-/m1/s1. The van der Waals surface area contributed by atoms with Gasteiger partial charge in [0.15, 0.2) is 0 Å². The maximum absolute atomic E-state index is 12.9. The molecule has 180 valence electrons. The number of nitrogens with one attached hydrogen (secondary N) is 1. The largest absolute Gasteiger partial charge is 0.352 e. The Morgan fingerprint density at radius 3 is 2.71 bits per heavy atom. The number of fused-ring (bicyclic) bond motifs is 3. The van der Waals surface area contributed by atoms with E-state index in [1.807, 2.05) is 47.4 Å². The number of carbonyl (C=O) groups excluding carboxylic acids is 1. The van der Waals surface area contributed by atoms with Crippen molar-refractivity contribution in [3.63, 3.8) is 0 Å². The van der Waals surface area contributed by atoms with Crippen LogP contribution in [-0.4, -0.2) is 47.1 Å². The van der Waals surface area contributed by atoms with Crippen molar-refractivity contribution in [2.75, 3.05) is 36.4 Å². The molecule has 1 aromatic carbocycles. The zero-order chi connectivity index (χ0) is 23.8. The molecule has 0 bridgehead atoms. The van der Waals surface area contributed by atoms with Gasteiger partial charge in [-0.15, -0.1) is 11.3 Å². The number of hydrogen-bond acceptors (Lipinski definition) is 5. The minimum atomic E-state index is -0.0241. The van der Waals surface area contributed by atoms with Gasteiger partial charge < -0.3 is 15.1 Å². The topological polar surface area (TPSA) is 61.4 Å². The predicted molar refractivity (Wildman–Crippen MR) is 141 cm³/mol. The van der Waals surface area contributed by atoms with E-state index in [1.165, 1.54) is 22.2 Å². The number of aromatic nitrogens is 2. The summed E-state index contributed by atoms with van der Waals surface area (Å²) in [5.74, 6) is 3.12. The number of para-hydroxylation sites is 1. The molecule has 34 heavy (non-hydrogen) atoms. The number of amides is 2. The Balaban J connectivity index is 1.40. The summed E-state index contributed by atoms with van der Waals surface area (Å²) in [6.07, 6.45) is 4.54. The van der Waals surface area contributed by atoms with Crippen LogP contribution in [0.1, 0.15) is 61.4 Å². The van der Waals surface area contributed by atoms with Gasteiger partial charge in [-0.2, -0.15) is 0 Å². The van der Waals surface area contributed by atoms with Gasteiger partial charge in [0.1, 0.15) is 16.5 Å². The molecule has 0 saturated carbocycles. The molecule has 6 nitrogen and oxygen atoms in total. The molecule has 2 aromatic heterocycles. The van der Waals surface area contributed by atoms with Gasteiger partial charge in [-0.1, -0.05) is 39.0 Å². The molecule has 7 heteroatoms. The summed E-state index contributed by atoms with van der Waals surface area (Å²) in [5, 5.41) is 4.36. The van der Waals surface area contributed by atoms with Crippen molar-refractivity contribution < 1.29 is 4.79 Å². The van der Waals surface area contributed by atoms with Crippen LogP contribution in [0.4, 0.5) is 16.3 Å². The minimum absolute atomic E-state index is 0.0241. The maximum Gasteiger partial charge on any atom is 0.321 e. The van der Waals surface area contributed by atoms with Gasteiger partial charge >= 0.3 is 6.03 Å². The third-order valence-corrected chi connectivity index (χ3v) is 8.61. The number of thiophene rings is 1. The number of anilines is 2. The number of benzene rings is 1. The van der Waals surface area contributed by atoms with Crippen LogP contribution in [0.5, 0.6) is 0 Å². The number of aryl methyl sites for hydroxylation is 2. The summed E-state index contributed by atoms with van der Waals surface area (Å²) in [6.45, 7) is 11.7. The third-order valence-electron chi connectivity index (χ3n) is 7.46. The zero-order valence-electron chi connectivity index (χ0n) is 20.7. The third kappa shape index (κ3) is 4.38. The molecule has 2 amide bonds. The first-order valence-electron chi connectivity index (χ1n) is 12.6. The fourth-order valence-corrected chi connectivity index (χ4v) is 6.38. The number of carbonyl (C=O) groups is 1. The highest BCUT2D eigenvalue weighted by molar-refractivity contribution is 7.19. The van der Waals surface area contributed by atoms with Crippen molar-refractivity contribution in [3.05, 3.63) is 46.1 Å². The normalized spacial score (nSPS) is 19.2. The predicted octanol–water partition coefficient (Wildman–Crippen LogP) is 5.99. The second-order valence-electron chi connectivity index (χ2n) is 9.97. The molecule has 0 spiro atoms. The molecule has 2 aliphatic rings. The monoisotopic (exact) mass is 477 g/mol. The van der Waals surface area contributed by atoms with Gasteiger partial charge in [-0.25, -0.2) is 14.8 Å². The molecule has 5 rings (SSSR count). The maximum atomic E-state index is 12.9. The van der Waals surface area contributed by atoms with E-state index in [-0.39, 0.29) is 6.03 Å². The summed E-state index contributed by atoms with van der Waals surface area (Å²) in [4.78, 5) is 30.1. The van der Waals surface area contributed by atoms with Crippen LogP contribution in [0.2, 0.25) is 0 Å². The lowest BCUT2D eigenvalue weighted by atomic mass is 9.89. The number of urea groups is 1. The Labute approximate surface area is 206 Å². The Hall–Kier alpha value is -2.67. The van der Waals surface area contributed by atoms with Crippen LogP contribution in [0.25, 0.3) is 10.2 Å². The summed E-state index contributed by atoms with van der Waals surface area (Å²) < 4.78 is 0. The van der Waals surface area contributed by atoms with Crippen molar-refractivity contribution >= 4 is 39.1 Å². The van der Waals surface area contributed by atoms with E-state index < -0.39 is 0 Å². The van der Waals surface area contributed by atoms with Gasteiger partial charge in [0.05, 0.1) is 5.39 Å². The lowest BCUT2D eigenvalue weighted by molar-refractivity contribution is 0.208. The summed E-state index contributed by atoms with van der Waals surface area (Å²) in [5.41, 5.74) is 3.43. The highest BCUT2D eigenvalue weighted by Gasteiger charge is 2.29. The molecule has 1 aliphatic carbocycles. The van der Waals surface area contributed by atoms with E-state index in [9.17, 15) is 4.79 Å². The fraction of sp³-hybridized carbons (Fsp3) is 0.519. The Morgan fingerprint density at radius 2 is 1.97 bits per heavy atom. The molecule has 2 atom stereocenters. The van der Waals surface area contributed by atoms with Gasteiger partial charge in [-0.05, 0) is 55.7 Å². The first-order valence-corrected chi connectivity index (χ1v) is 13.4. The molecule has 1 N–H and O–H groups in total. The van der Waals surface area contributed by atoms with Crippen molar-refractivity contribution in [1.82, 2.24) is 14.9 Å². The molecule has 1 saturated heterocycles.